The summed E-state index contributed by atoms with van der Waals surface area (Å²) in [7, 11) is 0. The Bertz CT molecular complexity index is 288. The van der Waals surface area contributed by atoms with E-state index in [4.69, 9.17) is 15.9 Å². The smallest absolute Gasteiger partial charge is 0.0579 e. The highest BCUT2D eigenvalue weighted by atomic mass is 16.5. The molecule has 0 bridgehead atoms. The van der Waals surface area contributed by atoms with Crippen LogP contribution in [0.1, 0.15) is 39.5 Å². The number of hydrogen-bond donors (Lipinski definition) is 0. The normalized spacial score (nSPS) is 35.9. The zero-order valence-corrected chi connectivity index (χ0v) is 11.1. The molecule has 96 valence electrons. The molecule has 1 aliphatic carbocycles. The monoisotopic (exact) mass is 236 g/mol. The van der Waals surface area contributed by atoms with Crippen LogP contribution in [0.15, 0.2) is 0 Å². The Labute approximate surface area is 105 Å². The van der Waals surface area contributed by atoms with Gasteiger partial charge in [-0.3, -0.25) is 0 Å². The SMILES string of the molecule is C#CC1CCC(OCC2(C)COC2)CC1CC. The van der Waals surface area contributed by atoms with Crippen molar-refractivity contribution in [3.8, 4) is 12.3 Å². The van der Waals surface area contributed by atoms with Crippen LogP contribution in [0.2, 0.25) is 0 Å². The molecule has 1 saturated carbocycles. The van der Waals surface area contributed by atoms with Crippen LogP contribution in [0.5, 0.6) is 0 Å². The minimum absolute atomic E-state index is 0.269. The average Bonchev–Trinajstić information content (AvgIpc) is 2.33. The van der Waals surface area contributed by atoms with Crippen LogP contribution in [0.3, 0.4) is 0 Å². The molecule has 0 radical (unpaired) electrons. The number of terminal acetylenes is 1. The van der Waals surface area contributed by atoms with Gasteiger partial charge in [0.1, 0.15) is 0 Å². The fourth-order valence-electron chi connectivity index (χ4n) is 2.90. The Kier molecular flexibility index (Phi) is 4.12. The standard InChI is InChI=1S/C15H24O2/c1-4-12-6-7-14(8-13(12)5-2)17-11-15(3)9-16-10-15/h1,12-14H,5-11H2,2-3H3. The predicted octanol–water partition coefficient (Wildman–Crippen LogP) is 2.87. The Morgan fingerprint density at radius 1 is 1.41 bits per heavy atom. The van der Waals surface area contributed by atoms with Crippen molar-refractivity contribution in [3.05, 3.63) is 0 Å². The van der Waals surface area contributed by atoms with Crippen LogP contribution in [-0.2, 0) is 9.47 Å². The van der Waals surface area contributed by atoms with E-state index in [1.165, 1.54) is 6.42 Å². The molecule has 1 aliphatic heterocycles. The average molecular weight is 236 g/mol. The molecule has 2 aliphatic rings. The molecule has 0 aromatic heterocycles. The Morgan fingerprint density at radius 3 is 2.71 bits per heavy atom. The van der Waals surface area contributed by atoms with Gasteiger partial charge in [0.2, 0.25) is 0 Å². The first-order valence-corrected chi connectivity index (χ1v) is 6.82. The molecule has 2 heteroatoms. The molecule has 0 spiro atoms. The first kappa shape index (κ1) is 12.9. The van der Waals surface area contributed by atoms with Gasteiger partial charge in [0.05, 0.1) is 25.9 Å². The third kappa shape index (κ3) is 3.03. The summed E-state index contributed by atoms with van der Waals surface area (Å²) in [5.41, 5.74) is 0.269. The van der Waals surface area contributed by atoms with Crippen molar-refractivity contribution in [2.75, 3.05) is 19.8 Å². The largest absolute Gasteiger partial charge is 0.380 e. The molecule has 2 fully saturated rings. The van der Waals surface area contributed by atoms with Crippen LogP contribution in [0.25, 0.3) is 0 Å². The molecule has 0 aromatic rings. The van der Waals surface area contributed by atoms with Crippen LogP contribution >= 0.6 is 0 Å². The van der Waals surface area contributed by atoms with Crippen LogP contribution < -0.4 is 0 Å². The van der Waals surface area contributed by atoms with Gasteiger partial charge in [0, 0.05) is 11.3 Å². The lowest BCUT2D eigenvalue weighted by atomic mass is 9.77. The lowest BCUT2D eigenvalue weighted by Crippen LogP contribution is -2.45. The number of rotatable bonds is 4. The summed E-state index contributed by atoms with van der Waals surface area (Å²) in [5, 5.41) is 0. The van der Waals surface area contributed by atoms with Crippen molar-refractivity contribution in [2.24, 2.45) is 17.3 Å². The van der Waals surface area contributed by atoms with Gasteiger partial charge in [-0.25, -0.2) is 0 Å². The van der Waals surface area contributed by atoms with Crippen molar-refractivity contribution in [1.82, 2.24) is 0 Å². The topological polar surface area (TPSA) is 18.5 Å². The van der Waals surface area contributed by atoms with E-state index < -0.39 is 0 Å². The third-order valence-electron chi connectivity index (χ3n) is 4.24. The third-order valence-corrected chi connectivity index (χ3v) is 4.24. The van der Waals surface area contributed by atoms with E-state index in [1.54, 1.807) is 0 Å². The van der Waals surface area contributed by atoms with Crippen molar-refractivity contribution >= 4 is 0 Å². The summed E-state index contributed by atoms with van der Waals surface area (Å²) in [6, 6.07) is 0. The van der Waals surface area contributed by atoms with Crippen molar-refractivity contribution in [2.45, 2.75) is 45.6 Å². The van der Waals surface area contributed by atoms with E-state index in [0.29, 0.717) is 17.9 Å². The van der Waals surface area contributed by atoms with Crippen molar-refractivity contribution in [1.29, 1.82) is 0 Å². The van der Waals surface area contributed by atoms with Crippen LogP contribution in [0, 0.1) is 29.6 Å². The second-order valence-electron chi connectivity index (χ2n) is 5.99. The Hall–Kier alpha value is -0.520. The lowest BCUT2D eigenvalue weighted by Gasteiger charge is -2.40. The summed E-state index contributed by atoms with van der Waals surface area (Å²) in [6.45, 7) is 7.02. The highest BCUT2D eigenvalue weighted by molar-refractivity contribution is 4.99. The Balaban J connectivity index is 1.77. The van der Waals surface area contributed by atoms with Crippen molar-refractivity contribution in [3.63, 3.8) is 0 Å². The summed E-state index contributed by atoms with van der Waals surface area (Å²) < 4.78 is 11.3. The molecule has 1 heterocycles. The van der Waals surface area contributed by atoms with E-state index in [-0.39, 0.29) is 5.41 Å². The number of hydrogen-bond acceptors (Lipinski definition) is 2. The van der Waals surface area contributed by atoms with E-state index in [2.05, 4.69) is 19.8 Å². The summed E-state index contributed by atoms with van der Waals surface area (Å²) in [6.07, 6.45) is 10.6. The van der Waals surface area contributed by atoms with Gasteiger partial charge in [-0.1, -0.05) is 20.3 Å². The van der Waals surface area contributed by atoms with Crippen LogP contribution in [-0.4, -0.2) is 25.9 Å². The molecule has 0 amide bonds. The first-order valence-electron chi connectivity index (χ1n) is 6.82. The maximum absolute atomic E-state index is 6.07. The first-order chi connectivity index (χ1) is 8.17. The molecule has 0 N–H and O–H groups in total. The quantitative estimate of drug-likeness (QED) is 0.699. The molecule has 3 atom stereocenters. The molecule has 0 aromatic carbocycles. The van der Waals surface area contributed by atoms with E-state index in [9.17, 15) is 0 Å². The number of ether oxygens (including phenoxy) is 2. The molecule has 17 heavy (non-hydrogen) atoms. The van der Waals surface area contributed by atoms with Gasteiger partial charge in [0.15, 0.2) is 0 Å². The second-order valence-corrected chi connectivity index (χ2v) is 5.99. The Morgan fingerprint density at radius 2 is 2.18 bits per heavy atom. The molecule has 2 rings (SSSR count). The van der Waals surface area contributed by atoms with Gasteiger partial charge in [-0.15, -0.1) is 12.3 Å². The minimum atomic E-state index is 0.269. The van der Waals surface area contributed by atoms with Crippen molar-refractivity contribution < 1.29 is 9.47 Å². The molecule has 2 nitrogen and oxygen atoms in total. The lowest BCUT2D eigenvalue weighted by molar-refractivity contribution is -0.154. The maximum Gasteiger partial charge on any atom is 0.0579 e. The maximum atomic E-state index is 6.07. The summed E-state index contributed by atoms with van der Waals surface area (Å²) >= 11 is 0. The highest BCUT2D eigenvalue weighted by Crippen LogP contribution is 2.35. The fraction of sp³-hybridized carbons (Fsp3) is 0.867. The molecule has 1 saturated heterocycles. The van der Waals surface area contributed by atoms with Gasteiger partial charge < -0.3 is 9.47 Å². The van der Waals surface area contributed by atoms with Crippen LogP contribution in [0.4, 0.5) is 0 Å². The molecule has 3 unspecified atom stereocenters. The summed E-state index contributed by atoms with van der Waals surface area (Å²) in [4.78, 5) is 0. The molecular weight excluding hydrogens is 212 g/mol. The second kappa shape index (κ2) is 5.42. The van der Waals surface area contributed by atoms with Gasteiger partial charge in [-0.05, 0) is 25.2 Å². The zero-order valence-electron chi connectivity index (χ0n) is 11.1. The van der Waals surface area contributed by atoms with E-state index in [1.807, 2.05) is 0 Å². The minimum Gasteiger partial charge on any atom is -0.380 e. The van der Waals surface area contributed by atoms with E-state index >= 15 is 0 Å². The fourth-order valence-corrected chi connectivity index (χ4v) is 2.90. The van der Waals surface area contributed by atoms with Gasteiger partial charge >= 0.3 is 0 Å². The van der Waals surface area contributed by atoms with Gasteiger partial charge in [-0.2, -0.15) is 0 Å². The van der Waals surface area contributed by atoms with Gasteiger partial charge in [0.25, 0.3) is 0 Å². The predicted molar refractivity (Wildman–Crippen MR) is 68.6 cm³/mol. The zero-order chi connectivity index (χ0) is 12.3. The highest BCUT2D eigenvalue weighted by Gasteiger charge is 2.36. The summed E-state index contributed by atoms with van der Waals surface area (Å²) in [5.74, 6) is 4.08. The molecular formula is C15H24O2. The van der Waals surface area contributed by atoms with E-state index in [0.717, 1.165) is 39.1 Å².